The highest BCUT2D eigenvalue weighted by Crippen LogP contribution is 2.32. The van der Waals surface area contributed by atoms with E-state index in [2.05, 4.69) is 15.0 Å². The van der Waals surface area contributed by atoms with Crippen LogP contribution in [0.2, 0.25) is 0 Å². The van der Waals surface area contributed by atoms with Crippen LogP contribution in [0.1, 0.15) is 5.56 Å². The molecule has 15 heavy (non-hydrogen) atoms. The summed E-state index contributed by atoms with van der Waals surface area (Å²) in [5, 5.41) is 8.74. The average molecular weight is 230 g/mol. The van der Waals surface area contributed by atoms with E-state index in [0.29, 0.717) is 0 Å². The van der Waals surface area contributed by atoms with Gasteiger partial charge in [-0.05, 0) is 0 Å². The Morgan fingerprint density at radius 3 is 2.87 bits per heavy atom. The molecule has 0 radical (unpaired) electrons. The SMILES string of the molecule is C#CCOc1snc(OC(F)F)c1C#N. The van der Waals surface area contributed by atoms with Crippen LogP contribution < -0.4 is 9.47 Å². The van der Waals surface area contributed by atoms with Crippen LogP contribution in [0.15, 0.2) is 0 Å². The number of hydrogen-bond acceptors (Lipinski definition) is 5. The number of alkyl halides is 2. The lowest BCUT2D eigenvalue weighted by molar-refractivity contribution is -0.0524. The minimum atomic E-state index is -3.03. The Morgan fingerprint density at radius 2 is 2.33 bits per heavy atom. The van der Waals surface area contributed by atoms with Crippen LogP contribution >= 0.6 is 11.5 Å². The van der Waals surface area contributed by atoms with E-state index in [1.165, 1.54) is 0 Å². The summed E-state index contributed by atoms with van der Waals surface area (Å²) >= 11 is 0.734. The van der Waals surface area contributed by atoms with Gasteiger partial charge in [-0.15, -0.1) is 6.42 Å². The van der Waals surface area contributed by atoms with E-state index in [9.17, 15) is 8.78 Å². The van der Waals surface area contributed by atoms with Crippen molar-refractivity contribution in [2.45, 2.75) is 6.61 Å². The zero-order chi connectivity index (χ0) is 11.3. The molecule has 78 valence electrons. The normalized spacial score (nSPS) is 9.40. The molecule has 1 heterocycles. The van der Waals surface area contributed by atoms with Crippen LogP contribution in [0, 0.1) is 23.7 Å². The molecular weight excluding hydrogens is 226 g/mol. The third kappa shape index (κ3) is 2.79. The Labute approximate surface area is 88.2 Å². The minimum absolute atomic E-state index is 0.0645. The first-order valence-electron chi connectivity index (χ1n) is 3.60. The van der Waals surface area contributed by atoms with Crippen molar-refractivity contribution in [3.05, 3.63) is 5.56 Å². The van der Waals surface area contributed by atoms with Gasteiger partial charge in [0.2, 0.25) is 5.06 Å². The van der Waals surface area contributed by atoms with Gasteiger partial charge in [0.1, 0.15) is 12.7 Å². The maximum Gasteiger partial charge on any atom is 0.388 e. The highest BCUT2D eigenvalue weighted by atomic mass is 32.1. The minimum Gasteiger partial charge on any atom is -0.469 e. The second-order valence-electron chi connectivity index (χ2n) is 2.13. The average Bonchev–Trinajstić information content (AvgIpc) is 2.56. The van der Waals surface area contributed by atoms with Crippen LogP contribution in [0.25, 0.3) is 0 Å². The van der Waals surface area contributed by atoms with E-state index in [4.69, 9.17) is 16.4 Å². The second-order valence-corrected chi connectivity index (χ2v) is 2.87. The van der Waals surface area contributed by atoms with Crippen molar-refractivity contribution in [1.82, 2.24) is 4.37 Å². The Kier molecular flexibility index (Phi) is 3.83. The first-order valence-corrected chi connectivity index (χ1v) is 4.37. The molecule has 0 amide bonds. The van der Waals surface area contributed by atoms with Crippen molar-refractivity contribution in [2.24, 2.45) is 0 Å². The van der Waals surface area contributed by atoms with E-state index < -0.39 is 12.5 Å². The van der Waals surface area contributed by atoms with Crippen LogP contribution in [-0.4, -0.2) is 17.6 Å². The third-order valence-electron chi connectivity index (χ3n) is 1.23. The second kappa shape index (κ2) is 5.13. The number of rotatable bonds is 4. The topological polar surface area (TPSA) is 55.1 Å². The van der Waals surface area contributed by atoms with E-state index in [1.807, 2.05) is 0 Å². The first kappa shape index (κ1) is 11.2. The van der Waals surface area contributed by atoms with Gasteiger partial charge < -0.3 is 9.47 Å². The van der Waals surface area contributed by atoms with Gasteiger partial charge in [0.05, 0.1) is 0 Å². The summed E-state index contributed by atoms with van der Waals surface area (Å²) in [6.45, 7) is -3.09. The number of ether oxygens (including phenoxy) is 2. The lowest BCUT2D eigenvalue weighted by atomic mass is 10.4. The number of aromatic nitrogens is 1. The number of nitriles is 1. The molecule has 0 spiro atoms. The lowest BCUT2D eigenvalue weighted by Gasteiger charge is -2.00. The predicted molar refractivity (Wildman–Crippen MR) is 47.8 cm³/mol. The molecule has 0 aliphatic heterocycles. The fourth-order valence-corrected chi connectivity index (χ4v) is 1.36. The third-order valence-corrected chi connectivity index (χ3v) is 1.97. The van der Waals surface area contributed by atoms with Crippen molar-refractivity contribution < 1.29 is 18.3 Å². The standard InChI is InChI=1S/C8H4F2N2O2S/c1-2-3-13-7-5(4-11)6(12-15-7)14-8(9)10/h1,8H,3H2. The first-order chi connectivity index (χ1) is 7.19. The van der Waals surface area contributed by atoms with E-state index in [-0.39, 0.29) is 17.2 Å². The van der Waals surface area contributed by atoms with Crippen molar-refractivity contribution in [3.8, 4) is 29.4 Å². The smallest absolute Gasteiger partial charge is 0.388 e. The van der Waals surface area contributed by atoms with Crippen LogP contribution in [-0.2, 0) is 0 Å². The summed E-state index contributed by atoms with van der Waals surface area (Å²) in [6.07, 6.45) is 4.93. The van der Waals surface area contributed by atoms with Gasteiger partial charge in [-0.3, -0.25) is 0 Å². The maximum absolute atomic E-state index is 11.9. The van der Waals surface area contributed by atoms with Gasteiger partial charge in [-0.1, -0.05) is 5.92 Å². The Bertz CT molecular complexity index is 419. The molecule has 0 unspecified atom stereocenters. The summed E-state index contributed by atoms with van der Waals surface area (Å²) in [6, 6.07) is 1.65. The van der Waals surface area contributed by atoms with Crippen LogP contribution in [0.3, 0.4) is 0 Å². The van der Waals surface area contributed by atoms with Crippen molar-refractivity contribution in [3.63, 3.8) is 0 Å². The summed E-state index contributed by atoms with van der Waals surface area (Å²) in [7, 11) is 0. The fourth-order valence-electron chi connectivity index (χ4n) is 0.726. The molecule has 1 aromatic rings. The number of halogens is 2. The monoisotopic (exact) mass is 230 g/mol. The fraction of sp³-hybridized carbons (Fsp3) is 0.250. The highest BCUT2D eigenvalue weighted by molar-refractivity contribution is 7.08. The molecule has 0 N–H and O–H groups in total. The quantitative estimate of drug-likeness (QED) is 0.737. The van der Waals surface area contributed by atoms with Crippen molar-refractivity contribution in [1.29, 1.82) is 5.26 Å². The zero-order valence-electron chi connectivity index (χ0n) is 7.24. The molecule has 0 bridgehead atoms. The molecule has 1 aromatic heterocycles. The van der Waals surface area contributed by atoms with E-state index >= 15 is 0 Å². The van der Waals surface area contributed by atoms with Crippen LogP contribution in [0.4, 0.5) is 8.78 Å². The Hall–Kier alpha value is -1.86. The molecule has 0 saturated heterocycles. The van der Waals surface area contributed by atoms with Crippen molar-refractivity contribution in [2.75, 3.05) is 6.61 Å². The molecule has 7 heteroatoms. The van der Waals surface area contributed by atoms with Gasteiger partial charge >= 0.3 is 6.61 Å². The van der Waals surface area contributed by atoms with Gasteiger partial charge in [-0.2, -0.15) is 18.4 Å². The predicted octanol–water partition coefficient (Wildman–Crippen LogP) is 1.63. The molecule has 0 aliphatic rings. The summed E-state index contributed by atoms with van der Waals surface area (Å²) in [4.78, 5) is 0. The molecule has 0 fully saturated rings. The molecular formula is C8H4F2N2O2S. The molecule has 0 saturated carbocycles. The van der Waals surface area contributed by atoms with Crippen molar-refractivity contribution >= 4 is 11.5 Å². The van der Waals surface area contributed by atoms with Crippen LogP contribution in [0.5, 0.6) is 10.9 Å². The molecule has 0 aromatic carbocycles. The lowest BCUT2D eigenvalue weighted by Crippen LogP contribution is -2.03. The van der Waals surface area contributed by atoms with E-state index in [0.717, 1.165) is 11.5 Å². The number of hydrogen-bond donors (Lipinski definition) is 0. The Morgan fingerprint density at radius 1 is 1.60 bits per heavy atom. The molecule has 4 nitrogen and oxygen atoms in total. The summed E-state index contributed by atoms with van der Waals surface area (Å²) in [5.41, 5.74) is -0.171. The number of terminal acetylenes is 1. The molecule has 0 aliphatic carbocycles. The highest BCUT2D eigenvalue weighted by Gasteiger charge is 2.19. The summed E-state index contributed by atoms with van der Waals surface area (Å²) in [5.74, 6) is 1.74. The largest absolute Gasteiger partial charge is 0.469 e. The van der Waals surface area contributed by atoms with E-state index in [1.54, 1.807) is 6.07 Å². The molecule has 1 rings (SSSR count). The van der Waals surface area contributed by atoms with Gasteiger partial charge in [0.15, 0.2) is 5.56 Å². The van der Waals surface area contributed by atoms with Gasteiger partial charge in [0.25, 0.3) is 5.88 Å². The Balaban J connectivity index is 2.87. The zero-order valence-corrected chi connectivity index (χ0v) is 8.05. The summed E-state index contributed by atoms with van der Waals surface area (Å²) < 4.78 is 36.1. The molecule has 0 atom stereocenters. The maximum atomic E-state index is 11.9. The van der Waals surface area contributed by atoms with Gasteiger partial charge in [0, 0.05) is 11.5 Å². The number of nitrogens with zero attached hydrogens (tertiary/aromatic N) is 2. The van der Waals surface area contributed by atoms with Gasteiger partial charge in [-0.25, -0.2) is 0 Å².